The van der Waals surface area contributed by atoms with Crippen LogP contribution >= 0.6 is 15.9 Å². The van der Waals surface area contributed by atoms with Gasteiger partial charge in [-0.2, -0.15) is 10.0 Å². The van der Waals surface area contributed by atoms with E-state index in [4.69, 9.17) is 4.74 Å². The van der Waals surface area contributed by atoms with Crippen molar-refractivity contribution in [3.8, 4) is 5.75 Å². The molecule has 181 valence electrons. The summed E-state index contributed by atoms with van der Waals surface area (Å²) in [5, 5.41) is 8.44. The van der Waals surface area contributed by atoms with Crippen LogP contribution in [0.1, 0.15) is 44.1 Å². The first kappa shape index (κ1) is 24.8. The van der Waals surface area contributed by atoms with E-state index in [-0.39, 0.29) is 6.03 Å². The van der Waals surface area contributed by atoms with Crippen LogP contribution in [0.3, 0.4) is 0 Å². The van der Waals surface area contributed by atoms with Crippen LogP contribution in [0.15, 0.2) is 90.0 Å². The summed E-state index contributed by atoms with van der Waals surface area (Å²) < 4.78 is 5.92. The zero-order valence-electron chi connectivity index (χ0n) is 19.7. The van der Waals surface area contributed by atoms with Crippen LogP contribution < -0.4 is 20.2 Å². The van der Waals surface area contributed by atoms with Gasteiger partial charge >= 0.3 is 6.03 Å². The molecule has 0 atom stereocenters. The lowest BCUT2D eigenvalue weighted by atomic mass is 10.1. The zero-order valence-corrected chi connectivity index (χ0v) is 21.3. The summed E-state index contributed by atoms with van der Waals surface area (Å²) in [7, 11) is 0. The van der Waals surface area contributed by atoms with Gasteiger partial charge in [0.1, 0.15) is 5.75 Å². The Labute approximate surface area is 215 Å². The van der Waals surface area contributed by atoms with E-state index in [2.05, 4.69) is 26.5 Å². The first-order valence-electron chi connectivity index (χ1n) is 12.1. The number of unbranched alkanes of at least 4 members (excludes halogenated alkanes) is 5. The SMILES string of the molecule is O=C1N(c2ccccc2)[N]C(c2ccc(OCCCCCCCCBr)cc2)=NN1c1ccccc1. The maximum atomic E-state index is 13.2. The monoisotopic (exact) mass is 533 g/mol. The average molecular weight is 534 g/mol. The number of hydrazone groups is 1. The molecule has 1 heterocycles. The lowest BCUT2D eigenvalue weighted by Crippen LogP contribution is -2.52. The number of hydrogen-bond acceptors (Lipinski definition) is 3. The highest BCUT2D eigenvalue weighted by Gasteiger charge is 2.32. The highest BCUT2D eigenvalue weighted by Crippen LogP contribution is 2.25. The highest BCUT2D eigenvalue weighted by molar-refractivity contribution is 9.09. The van der Waals surface area contributed by atoms with Crippen LogP contribution in [0.5, 0.6) is 5.75 Å². The fraction of sp³-hybridized carbons (Fsp3) is 0.286. The fourth-order valence-corrected chi connectivity index (χ4v) is 4.17. The van der Waals surface area contributed by atoms with Crippen molar-refractivity contribution in [1.82, 2.24) is 5.43 Å². The van der Waals surface area contributed by atoms with Crippen LogP contribution in [0, 0.1) is 0 Å². The van der Waals surface area contributed by atoms with Crippen molar-refractivity contribution in [2.24, 2.45) is 5.10 Å². The predicted octanol–water partition coefficient (Wildman–Crippen LogP) is 7.13. The molecule has 2 amide bonds. The first-order chi connectivity index (χ1) is 17.3. The molecule has 35 heavy (non-hydrogen) atoms. The number of alkyl halides is 1. The first-order valence-corrected chi connectivity index (χ1v) is 13.2. The molecular weight excluding hydrogens is 504 g/mol. The van der Waals surface area contributed by atoms with E-state index < -0.39 is 0 Å². The fourth-order valence-electron chi connectivity index (χ4n) is 3.77. The van der Waals surface area contributed by atoms with Gasteiger partial charge in [-0.15, -0.1) is 10.5 Å². The molecule has 0 fully saturated rings. The van der Waals surface area contributed by atoms with Crippen molar-refractivity contribution in [3.05, 3.63) is 90.5 Å². The maximum Gasteiger partial charge on any atom is 0.370 e. The molecule has 0 N–H and O–H groups in total. The van der Waals surface area contributed by atoms with Crippen LogP contribution in [0.4, 0.5) is 16.2 Å². The van der Waals surface area contributed by atoms with Gasteiger partial charge in [0.15, 0.2) is 5.84 Å². The van der Waals surface area contributed by atoms with Crippen molar-refractivity contribution in [3.63, 3.8) is 0 Å². The van der Waals surface area contributed by atoms with Crippen LogP contribution in [-0.4, -0.2) is 23.8 Å². The quantitative estimate of drug-likeness (QED) is 0.183. The molecule has 0 spiro atoms. The molecule has 4 rings (SSSR count). The van der Waals surface area contributed by atoms with Gasteiger partial charge in [-0.3, -0.25) is 0 Å². The Bertz CT molecular complexity index is 1090. The minimum absolute atomic E-state index is 0.335. The van der Waals surface area contributed by atoms with E-state index in [1.807, 2.05) is 84.9 Å². The lowest BCUT2D eigenvalue weighted by molar-refractivity contribution is 0.249. The number of amidine groups is 1. The summed E-state index contributed by atoms with van der Waals surface area (Å²) >= 11 is 3.48. The number of amides is 2. The lowest BCUT2D eigenvalue weighted by Gasteiger charge is -2.31. The number of hydrogen-bond donors (Lipinski definition) is 0. The molecular formula is C28H30BrN4O2. The van der Waals surface area contributed by atoms with Gasteiger partial charge in [0.25, 0.3) is 0 Å². The molecule has 7 heteroatoms. The predicted molar refractivity (Wildman–Crippen MR) is 145 cm³/mol. The molecule has 3 aromatic carbocycles. The number of ether oxygens (including phenoxy) is 1. The number of para-hydroxylation sites is 2. The molecule has 0 saturated carbocycles. The minimum Gasteiger partial charge on any atom is -0.494 e. The number of nitrogens with zero attached hydrogens (tertiary/aromatic N) is 4. The van der Waals surface area contributed by atoms with Crippen LogP contribution in [0.2, 0.25) is 0 Å². The zero-order chi connectivity index (χ0) is 24.3. The second kappa shape index (κ2) is 13.0. The summed E-state index contributed by atoms with van der Waals surface area (Å²) in [4.78, 5) is 13.2. The highest BCUT2D eigenvalue weighted by atomic mass is 79.9. The Kier molecular flexibility index (Phi) is 9.17. The van der Waals surface area contributed by atoms with Gasteiger partial charge in [-0.05, 0) is 61.4 Å². The molecule has 1 radical (unpaired) electrons. The van der Waals surface area contributed by atoms with Crippen LogP contribution in [-0.2, 0) is 0 Å². The molecule has 1 aliphatic rings. The van der Waals surface area contributed by atoms with Gasteiger partial charge < -0.3 is 4.74 Å². The normalized spacial score (nSPS) is 13.4. The van der Waals surface area contributed by atoms with E-state index in [0.29, 0.717) is 23.8 Å². The number of halogens is 1. The van der Waals surface area contributed by atoms with E-state index in [0.717, 1.165) is 23.1 Å². The topological polar surface area (TPSA) is 59.2 Å². The summed E-state index contributed by atoms with van der Waals surface area (Å²) in [5.74, 6) is 1.27. The molecule has 0 aromatic heterocycles. The average Bonchev–Trinajstić information content (AvgIpc) is 2.92. The van der Waals surface area contributed by atoms with Crippen molar-refractivity contribution >= 4 is 39.2 Å². The summed E-state index contributed by atoms with van der Waals surface area (Å²) in [6.45, 7) is 0.710. The Balaban J connectivity index is 1.43. The Morgan fingerprint density at radius 3 is 1.89 bits per heavy atom. The van der Waals surface area contributed by atoms with E-state index in [1.165, 1.54) is 42.1 Å². The van der Waals surface area contributed by atoms with Crippen molar-refractivity contribution < 1.29 is 9.53 Å². The molecule has 3 aromatic rings. The number of anilines is 2. The summed E-state index contributed by atoms with van der Waals surface area (Å²) in [6.07, 6.45) is 7.32. The van der Waals surface area contributed by atoms with Gasteiger partial charge in [-0.1, -0.05) is 78.0 Å². The van der Waals surface area contributed by atoms with Crippen molar-refractivity contribution in [1.29, 1.82) is 0 Å². The molecule has 0 unspecified atom stereocenters. The minimum atomic E-state index is -0.335. The Hall–Kier alpha value is -3.32. The standard InChI is InChI=1S/C28H30BrN4O2/c29-21-11-3-1-2-4-12-22-35-26-19-17-23(18-20-26)27-30-32(24-13-7-5-8-14-24)28(34)33(31-27)25-15-9-6-10-16-25/h5-10,13-20H,1-4,11-12,21-22H2. The molecule has 6 nitrogen and oxygen atoms in total. The Morgan fingerprint density at radius 2 is 1.26 bits per heavy atom. The van der Waals surface area contributed by atoms with Gasteiger partial charge in [0.05, 0.1) is 18.0 Å². The van der Waals surface area contributed by atoms with E-state index in [1.54, 1.807) is 0 Å². The van der Waals surface area contributed by atoms with Crippen molar-refractivity contribution in [2.45, 2.75) is 38.5 Å². The second-order valence-corrected chi connectivity index (χ2v) is 9.08. The number of rotatable bonds is 12. The third-order valence-corrected chi connectivity index (χ3v) is 6.22. The third kappa shape index (κ3) is 6.85. The second-order valence-electron chi connectivity index (χ2n) is 8.28. The third-order valence-electron chi connectivity index (χ3n) is 5.66. The summed E-state index contributed by atoms with van der Waals surface area (Å²) in [5.41, 5.74) is 6.74. The maximum absolute atomic E-state index is 13.2. The number of carbonyl (C=O) groups is 1. The largest absolute Gasteiger partial charge is 0.494 e. The van der Waals surface area contributed by atoms with Gasteiger partial charge in [-0.25, -0.2) is 4.79 Å². The smallest absolute Gasteiger partial charge is 0.370 e. The van der Waals surface area contributed by atoms with Crippen molar-refractivity contribution in [2.75, 3.05) is 22.0 Å². The Morgan fingerprint density at radius 1 is 0.686 bits per heavy atom. The summed E-state index contributed by atoms with van der Waals surface area (Å²) in [6, 6.07) is 26.1. The molecule has 0 saturated heterocycles. The van der Waals surface area contributed by atoms with Gasteiger partial charge in [0.2, 0.25) is 0 Å². The van der Waals surface area contributed by atoms with Gasteiger partial charge in [0, 0.05) is 10.9 Å². The van der Waals surface area contributed by atoms with E-state index >= 15 is 0 Å². The molecule has 1 aliphatic heterocycles. The number of benzene rings is 3. The number of urea groups is 1. The molecule has 0 bridgehead atoms. The van der Waals surface area contributed by atoms with E-state index in [9.17, 15) is 4.79 Å². The molecule has 0 aliphatic carbocycles. The number of carbonyl (C=O) groups excluding carboxylic acids is 1. The van der Waals surface area contributed by atoms with Crippen LogP contribution in [0.25, 0.3) is 0 Å².